The van der Waals surface area contributed by atoms with Gasteiger partial charge in [0, 0.05) is 5.57 Å². The molecule has 8 bridgehead atoms. The zero-order valence-corrected chi connectivity index (χ0v) is 26.4. The van der Waals surface area contributed by atoms with E-state index in [2.05, 4.69) is 79.0 Å². The summed E-state index contributed by atoms with van der Waals surface area (Å²) in [6.07, 6.45) is 5.58. The van der Waals surface area contributed by atoms with Gasteiger partial charge in [-0.05, 0) is 62.8 Å². The second-order valence-corrected chi connectivity index (χ2v) is 9.72. The molecule has 0 saturated heterocycles. The van der Waals surface area contributed by atoms with Crippen LogP contribution in [0.1, 0.15) is 79.1 Å². The summed E-state index contributed by atoms with van der Waals surface area (Å²) in [5.41, 5.74) is 16.6. The summed E-state index contributed by atoms with van der Waals surface area (Å²) in [4.78, 5) is 36.9. The summed E-state index contributed by atoms with van der Waals surface area (Å²) in [5.74, 6) is 0. The van der Waals surface area contributed by atoms with Gasteiger partial charge in [0.15, 0.2) is 0 Å². The Bertz CT molecular complexity index is 1790. The van der Waals surface area contributed by atoms with Crippen molar-refractivity contribution >= 4 is 63.4 Å². The number of aromatic nitrogens is 4. The van der Waals surface area contributed by atoms with Gasteiger partial charge in [-0.15, -0.1) is 22.1 Å². The maximum absolute atomic E-state index is 8.36. The maximum atomic E-state index is 8.36. The molecule has 2 N–H and O–H groups in total. The molecular formula is C34H36FeN4O4. The molecule has 0 saturated carbocycles. The third kappa shape index (κ3) is 6.79. The minimum atomic E-state index is -0.250. The zero-order valence-electron chi connectivity index (χ0n) is 25.3. The number of nitrogens with zero attached hydrogens (tertiary/aromatic N) is 4. The Morgan fingerprint density at radius 2 is 1.19 bits per heavy atom. The summed E-state index contributed by atoms with van der Waals surface area (Å²) in [6.45, 7) is 20.5. The SMILES string of the molecule is C=CC1=C(C)c2cc3[n-]c(cc4nc(cc5[n-]c(cc1n2)c(C)c5C=C)C(C)=C4CC)c(CC)c3C.O=CO.O=CO.[Fe+2]. The monoisotopic (exact) mass is 620 g/mol. The van der Waals surface area contributed by atoms with Gasteiger partial charge in [0.05, 0.1) is 22.8 Å². The van der Waals surface area contributed by atoms with E-state index in [1.165, 1.54) is 22.3 Å². The van der Waals surface area contributed by atoms with E-state index in [0.29, 0.717) is 0 Å². The van der Waals surface area contributed by atoms with Gasteiger partial charge in [0.25, 0.3) is 12.9 Å². The van der Waals surface area contributed by atoms with Gasteiger partial charge in [0.2, 0.25) is 0 Å². The number of allylic oxidation sites excluding steroid dienone is 5. The molecule has 0 amide bonds. The van der Waals surface area contributed by atoms with E-state index < -0.39 is 0 Å². The van der Waals surface area contributed by atoms with Crippen molar-refractivity contribution in [3.05, 3.63) is 88.5 Å². The third-order valence-corrected chi connectivity index (χ3v) is 7.59. The van der Waals surface area contributed by atoms with Crippen molar-refractivity contribution in [1.82, 2.24) is 19.9 Å². The minimum absolute atomic E-state index is 0. The topological polar surface area (TPSA) is 129 Å². The van der Waals surface area contributed by atoms with Crippen LogP contribution in [0.2, 0.25) is 0 Å². The van der Waals surface area contributed by atoms with Gasteiger partial charge in [-0.2, -0.15) is 0 Å². The van der Waals surface area contributed by atoms with Crippen LogP contribution in [0.4, 0.5) is 0 Å². The Hall–Kier alpha value is -4.46. The molecule has 0 aromatic carbocycles. The smallest absolute Gasteiger partial charge is 0.657 e. The first kappa shape index (κ1) is 34.7. The van der Waals surface area contributed by atoms with E-state index in [9.17, 15) is 0 Å². The Labute approximate surface area is 262 Å². The number of carbonyl (C=O) groups is 2. The number of fused-ring (bicyclic) bond motifs is 8. The third-order valence-electron chi connectivity index (χ3n) is 7.59. The molecule has 3 aromatic rings. The zero-order chi connectivity index (χ0) is 31.1. The summed E-state index contributed by atoms with van der Waals surface area (Å²) < 4.78 is 0. The quantitative estimate of drug-likeness (QED) is 0.231. The summed E-state index contributed by atoms with van der Waals surface area (Å²) in [6, 6.07) is 8.41. The van der Waals surface area contributed by atoms with Gasteiger partial charge in [-0.1, -0.05) is 80.1 Å². The van der Waals surface area contributed by atoms with Crippen molar-refractivity contribution in [1.29, 1.82) is 0 Å². The van der Waals surface area contributed by atoms with E-state index >= 15 is 0 Å². The molecule has 0 aliphatic carbocycles. The Morgan fingerprint density at radius 1 is 0.698 bits per heavy atom. The van der Waals surface area contributed by atoms with Crippen molar-refractivity contribution < 1.29 is 36.9 Å². The van der Waals surface area contributed by atoms with E-state index in [1.54, 1.807) is 0 Å². The fraction of sp³-hybridized carbons (Fsp3) is 0.235. The van der Waals surface area contributed by atoms with Gasteiger partial charge < -0.3 is 20.2 Å². The summed E-state index contributed by atoms with van der Waals surface area (Å²) in [7, 11) is 0. The van der Waals surface area contributed by atoms with Crippen molar-refractivity contribution in [2.24, 2.45) is 0 Å². The molecular weight excluding hydrogens is 584 g/mol. The van der Waals surface area contributed by atoms with E-state index in [4.69, 9.17) is 39.7 Å². The molecule has 8 nitrogen and oxygen atoms in total. The second-order valence-electron chi connectivity index (χ2n) is 9.72. The molecule has 0 unspecified atom stereocenters. The van der Waals surface area contributed by atoms with Gasteiger partial charge in [0.1, 0.15) is 0 Å². The first-order chi connectivity index (χ1) is 20.1. The molecule has 9 heteroatoms. The van der Waals surface area contributed by atoms with E-state index in [-0.39, 0.29) is 30.0 Å². The first-order valence-electron chi connectivity index (χ1n) is 13.6. The molecule has 2 aliphatic heterocycles. The van der Waals surface area contributed by atoms with Crippen molar-refractivity contribution in [2.45, 2.75) is 54.4 Å². The summed E-state index contributed by atoms with van der Waals surface area (Å²) in [5, 5.41) is 13.8. The number of rotatable bonds is 4. The fourth-order valence-electron chi connectivity index (χ4n) is 5.41. The Balaban J connectivity index is 0.000000853. The molecule has 0 fully saturated rings. The molecule has 43 heavy (non-hydrogen) atoms. The van der Waals surface area contributed by atoms with Crippen LogP contribution in [-0.4, -0.2) is 33.1 Å². The number of hydrogen-bond acceptors (Lipinski definition) is 4. The number of hydrogen-bond donors (Lipinski definition) is 2. The summed E-state index contributed by atoms with van der Waals surface area (Å²) >= 11 is 0. The molecule has 5 rings (SSSR count). The van der Waals surface area contributed by atoms with Gasteiger partial charge in [-0.25, -0.2) is 9.97 Å². The van der Waals surface area contributed by atoms with E-state index in [1.807, 2.05) is 12.2 Å². The van der Waals surface area contributed by atoms with Crippen LogP contribution in [0.3, 0.4) is 0 Å². The second kappa shape index (κ2) is 15.1. The standard InChI is InChI=1S/C32H32N4.2CH2O2.Fe/c1-9-21-17(5)25-13-26-18(6)23(11-3)31(34-26)16-32-24(12-4)20(8)28(36-32)15-30-22(10-2)19(7)27(35-30)14-29(21)33-25;2*2-1-3;/h9-10,13-16H,1-2,11-12H2,3-8H3;2*1H,(H,2,3);/q-2;;;+2. The van der Waals surface area contributed by atoms with Crippen molar-refractivity contribution in [3.8, 4) is 0 Å². The molecule has 224 valence electrons. The van der Waals surface area contributed by atoms with Crippen LogP contribution in [0.25, 0.3) is 50.4 Å². The van der Waals surface area contributed by atoms with Crippen LogP contribution in [0.5, 0.6) is 0 Å². The molecule has 0 spiro atoms. The normalized spacial score (nSPS) is 11.9. The molecule has 0 radical (unpaired) electrons. The first-order valence-corrected chi connectivity index (χ1v) is 13.6. The Morgan fingerprint density at radius 3 is 1.74 bits per heavy atom. The van der Waals surface area contributed by atoms with Gasteiger partial charge >= 0.3 is 17.1 Å². The van der Waals surface area contributed by atoms with E-state index in [0.717, 1.165) is 80.0 Å². The maximum Gasteiger partial charge on any atom is 2.00 e. The average Bonchev–Trinajstić information content (AvgIpc) is 3.62. The van der Waals surface area contributed by atoms with Crippen molar-refractivity contribution in [2.75, 3.05) is 0 Å². The van der Waals surface area contributed by atoms with Crippen LogP contribution < -0.4 is 9.97 Å². The number of carboxylic acid groups (broad SMARTS) is 2. The van der Waals surface area contributed by atoms with Crippen LogP contribution >= 0.6 is 0 Å². The molecule has 3 aromatic heterocycles. The van der Waals surface area contributed by atoms with Crippen LogP contribution in [-0.2, 0) is 33.1 Å². The number of aryl methyl sites for hydroxylation is 3. The van der Waals surface area contributed by atoms with Gasteiger partial charge in [-0.3, -0.25) is 9.59 Å². The Kier molecular flexibility index (Phi) is 12.2. The largest absolute Gasteiger partial charge is 2.00 e. The van der Waals surface area contributed by atoms with Crippen molar-refractivity contribution in [3.63, 3.8) is 0 Å². The minimum Gasteiger partial charge on any atom is -0.657 e. The molecule has 2 aliphatic rings. The van der Waals surface area contributed by atoms with Crippen LogP contribution in [0, 0.1) is 13.8 Å². The predicted molar refractivity (Wildman–Crippen MR) is 171 cm³/mol. The van der Waals surface area contributed by atoms with Crippen LogP contribution in [0.15, 0.2) is 43.5 Å². The predicted octanol–water partition coefficient (Wildman–Crippen LogP) is 7.25. The molecule has 0 atom stereocenters. The molecule has 5 heterocycles. The average molecular weight is 621 g/mol. The fourth-order valence-corrected chi connectivity index (χ4v) is 5.41.